The molecule has 0 bridgehead atoms. The number of hydrogen-bond acceptors (Lipinski definition) is 5. The summed E-state index contributed by atoms with van der Waals surface area (Å²) in [4.78, 5) is 18.9. The van der Waals surface area contributed by atoms with Gasteiger partial charge in [-0.05, 0) is 33.0 Å². The van der Waals surface area contributed by atoms with E-state index in [0.29, 0.717) is 22.2 Å². The van der Waals surface area contributed by atoms with Gasteiger partial charge < -0.3 is 16.0 Å². The number of rotatable bonds is 7. The van der Waals surface area contributed by atoms with Crippen LogP contribution < -0.4 is 11.1 Å². The number of hydrogen-bond donors (Lipinski definition) is 2. The summed E-state index contributed by atoms with van der Waals surface area (Å²) < 4.78 is 0. The Morgan fingerprint density at radius 2 is 2.11 bits per heavy atom. The molecule has 6 heteroatoms. The smallest absolute Gasteiger partial charge is 0.263 e. The average Bonchev–Trinajstić information content (AvgIpc) is 2.68. The molecule has 5 nitrogen and oxygen atoms in total. The number of aromatic nitrogens is 1. The van der Waals surface area contributed by atoms with Gasteiger partial charge in [0.2, 0.25) is 0 Å². The summed E-state index contributed by atoms with van der Waals surface area (Å²) in [7, 11) is 0. The van der Waals surface area contributed by atoms with Crippen LogP contribution in [0.4, 0.5) is 5.13 Å². The zero-order chi connectivity index (χ0) is 13.5. The summed E-state index contributed by atoms with van der Waals surface area (Å²) >= 11 is 1.24. The molecule has 1 amide bonds. The zero-order valence-corrected chi connectivity index (χ0v) is 12.1. The number of nitrogen functional groups attached to an aromatic ring is 1. The molecular weight excluding hydrogens is 248 g/mol. The van der Waals surface area contributed by atoms with E-state index < -0.39 is 0 Å². The molecule has 1 aromatic heterocycles. The molecule has 0 saturated heterocycles. The predicted octanol–water partition coefficient (Wildman–Crippen LogP) is 1.50. The summed E-state index contributed by atoms with van der Waals surface area (Å²) in [5.74, 6) is -0.0683. The number of aryl methyl sites for hydroxylation is 1. The highest BCUT2D eigenvalue weighted by Crippen LogP contribution is 2.19. The van der Waals surface area contributed by atoms with Crippen LogP contribution in [0.25, 0.3) is 0 Å². The van der Waals surface area contributed by atoms with Crippen molar-refractivity contribution in [2.24, 2.45) is 0 Å². The zero-order valence-electron chi connectivity index (χ0n) is 11.3. The van der Waals surface area contributed by atoms with Crippen LogP contribution in [0.1, 0.15) is 35.6 Å². The number of carbonyl (C=O) groups is 1. The lowest BCUT2D eigenvalue weighted by atomic mass is 10.3. The van der Waals surface area contributed by atoms with E-state index >= 15 is 0 Å². The second kappa shape index (κ2) is 7.33. The van der Waals surface area contributed by atoms with E-state index in [2.05, 4.69) is 29.0 Å². The molecule has 0 unspecified atom stereocenters. The second-order valence-corrected chi connectivity index (χ2v) is 5.13. The lowest BCUT2D eigenvalue weighted by molar-refractivity contribution is 0.0955. The van der Waals surface area contributed by atoms with Crippen LogP contribution in [-0.4, -0.2) is 42.0 Å². The molecule has 102 valence electrons. The molecule has 0 aromatic carbocycles. The van der Waals surface area contributed by atoms with E-state index in [1.54, 1.807) is 6.92 Å². The number of anilines is 1. The minimum atomic E-state index is -0.0683. The Morgan fingerprint density at radius 3 is 2.61 bits per heavy atom. The topological polar surface area (TPSA) is 71.2 Å². The maximum Gasteiger partial charge on any atom is 0.263 e. The molecule has 18 heavy (non-hydrogen) atoms. The van der Waals surface area contributed by atoms with Gasteiger partial charge in [-0.3, -0.25) is 4.79 Å². The van der Waals surface area contributed by atoms with Crippen molar-refractivity contribution in [1.82, 2.24) is 15.2 Å². The Kier molecular flexibility index (Phi) is 6.07. The molecule has 1 aromatic rings. The molecule has 0 atom stereocenters. The first-order chi connectivity index (χ1) is 8.58. The quantitative estimate of drug-likeness (QED) is 0.737. The fraction of sp³-hybridized carbons (Fsp3) is 0.667. The maximum atomic E-state index is 11.9. The highest BCUT2D eigenvalue weighted by Gasteiger charge is 2.13. The fourth-order valence-electron chi connectivity index (χ4n) is 1.75. The van der Waals surface area contributed by atoms with Gasteiger partial charge in [0, 0.05) is 6.54 Å². The lowest BCUT2D eigenvalue weighted by Gasteiger charge is -2.17. The van der Waals surface area contributed by atoms with E-state index in [-0.39, 0.29) is 5.91 Å². The standard InChI is InChI=1S/C12H22N4OS/c1-4-16(5-2)8-6-7-14-11(17)10-9(3)15-12(13)18-10/h4-8H2,1-3H3,(H2,13,15)(H,14,17). The number of nitrogens with one attached hydrogen (secondary N) is 1. The average molecular weight is 270 g/mol. The van der Waals surface area contributed by atoms with Gasteiger partial charge in [0.15, 0.2) is 5.13 Å². The number of amides is 1. The van der Waals surface area contributed by atoms with E-state index in [1.807, 2.05) is 0 Å². The summed E-state index contributed by atoms with van der Waals surface area (Å²) in [6, 6.07) is 0. The molecule has 3 N–H and O–H groups in total. The van der Waals surface area contributed by atoms with E-state index in [4.69, 9.17) is 5.73 Å². The van der Waals surface area contributed by atoms with Gasteiger partial charge in [-0.15, -0.1) is 0 Å². The van der Waals surface area contributed by atoms with Crippen molar-refractivity contribution < 1.29 is 4.79 Å². The summed E-state index contributed by atoms with van der Waals surface area (Å²) in [5, 5.41) is 3.35. The number of nitrogens with two attached hydrogens (primary N) is 1. The monoisotopic (exact) mass is 270 g/mol. The Balaban J connectivity index is 2.32. The number of carbonyl (C=O) groups excluding carboxylic acids is 1. The van der Waals surface area contributed by atoms with Crippen molar-refractivity contribution in [3.8, 4) is 0 Å². The molecule has 0 saturated carbocycles. The molecule has 0 fully saturated rings. The molecule has 0 radical (unpaired) electrons. The van der Waals surface area contributed by atoms with Crippen LogP contribution in [0.15, 0.2) is 0 Å². The molecule has 0 aliphatic carbocycles. The lowest BCUT2D eigenvalue weighted by Crippen LogP contribution is -2.29. The van der Waals surface area contributed by atoms with E-state index in [1.165, 1.54) is 11.3 Å². The molecule has 0 aliphatic rings. The summed E-state index contributed by atoms with van der Waals surface area (Å²) in [5.41, 5.74) is 6.28. The fourth-order valence-corrected chi connectivity index (χ4v) is 2.50. The van der Waals surface area contributed by atoms with Gasteiger partial charge in [-0.25, -0.2) is 4.98 Å². The first kappa shape index (κ1) is 14.9. The molecular formula is C12H22N4OS. The second-order valence-electron chi connectivity index (χ2n) is 4.10. The summed E-state index contributed by atoms with van der Waals surface area (Å²) in [6.45, 7) is 9.89. The van der Waals surface area contributed by atoms with Gasteiger partial charge in [0.05, 0.1) is 5.69 Å². The first-order valence-electron chi connectivity index (χ1n) is 6.31. The van der Waals surface area contributed by atoms with Crippen molar-refractivity contribution in [3.63, 3.8) is 0 Å². The number of thiazole rings is 1. The van der Waals surface area contributed by atoms with Crippen LogP contribution in [0.5, 0.6) is 0 Å². The van der Waals surface area contributed by atoms with Crippen LogP contribution in [0.3, 0.4) is 0 Å². The van der Waals surface area contributed by atoms with Crippen LogP contribution >= 0.6 is 11.3 Å². The van der Waals surface area contributed by atoms with Crippen molar-refractivity contribution in [2.75, 3.05) is 31.9 Å². The highest BCUT2D eigenvalue weighted by molar-refractivity contribution is 7.17. The predicted molar refractivity (Wildman–Crippen MR) is 76.0 cm³/mol. The normalized spacial score (nSPS) is 10.9. The largest absolute Gasteiger partial charge is 0.375 e. The Bertz CT molecular complexity index is 387. The molecule has 0 aliphatic heterocycles. The van der Waals surface area contributed by atoms with Gasteiger partial charge >= 0.3 is 0 Å². The minimum Gasteiger partial charge on any atom is -0.375 e. The highest BCUT2D eigenvalue weighted by atomic mass is 32.1. The SMILES string of the molecule is CCN(CC)CCCNC(=O)c1sc(N)nc1C. The van der Waals surface area contributed by atoms with Crippen molar-refractivity contribution in [3.05, 3.63) is 10.6 Å². The Morgan fingerprint density at radius 1 is 1.44 bits per heavy atom. The Hall–Kier alpha value is -1.14. The van der Waals surface area contributed by atoms with Gasteiger partial charge in [0.25, 0.3) is 5.91 Å². The molecule has 1 rings (SSSR count). The van der Waals surface area contributed by atoms with Crippen molar-refractivity contribution in [1.29, 1.82) is 0 Å². The van der Waals surface area contributed by atoms with Crippen molar-refractivity contribution in [2.45, 2.75) is 27.2 Å². The third kappa shape index (κ3) is 4.27. The summed E-state index contributed by atoms with van der Waals surface area (Å²) in [6.07, 6.45) is 0.959. The van der Waals surface area contributed by atoms with Crippen molar-refractivity contribution >= 4 is 22.4 Å². The number of nitrogens with zero attached hydrogens (tertiary/aromatic N) is 2. The van der Waals surface area contributed by atoms with Crippen LogP contribution in [-0.2, 0) is 0 Å². The third-order valence-corrected chi connectivity index (χ3v) is 3.84. The minimum absolute atomic E-state index is 0.0683. The van der Waals surface area contributed by atoms with E-state index in [0.717, 1.165) is 26.1 Å². The molecule has 0 spiro atoms. The first-order valence-corrected chi connectivity index (χ1v) is 7.13. The van der Waals surface area contributed by atoms with E-state index in [9.17, 15) is 4.79 Å². The van der Waals surface area contributed by atoms with Crippen LogP contribution in [0, 0.1) is 6.92 Å². The van der Waals surface area contributed by atoms with Crippen LogP contribution in [0.2, 0.25) is 0 Å². The maximum absolute atomic E-state index is 11.9. The van der Waals surface area contributed by atoms with Gasteiger partial charge in [0.1, 0.15) is 4.88 Å². The van der Waals surface area contributed by atoms with Gasteiger partial charge in [-0.1, -0.05) is 25.2 Å². The third-order valence-electron chi connectivity index (χ3n) is 2.85. The molecule has 1 heterocycles. The Labute approximate surface area is 112 Å². The van der Waals surface area contributed by atoms with Gasteiger partial charge in [-0.2, -0.15) is 0 Å².